The Balaban J connectivity index is 1.86. The van der Waals surface area contributed by atoms with Crippen molar-refractivity contribution in [1.29, 1.82) is 0 Å². The molecular weight excluding hydrogens is 176 g/mol. The van der Waals surface area contributed by atoms with Crippen molar-refractivity contribution >= 4 is 5.97 Å². The lowest BCUT2D eigenvalue weighted by Gasteiger charge is -2.07. The molecular formula is C12H22O2. The summed E-state index contributed by atoms with van der Waals surface area (Å²) < 4.78 is 5.15. The third-order valence-corrected chi connectivity index (χ3v) is 2.85. The maximum Gasteiger partial charge on any atom is 0.306 e. The number of cyclic esters (lactones) is 1. The van der Waals surface area contributed by atoms with Crippen LogP contribution >= 0.6 is 0 Å². The van der Waals surface area contributed by atoms with Crippen LogP contribution in [0.15, 0.2) is 0 Å². The molecule has 2 nitrogen and oxygen atoms in total. The van der Waals surface area contributed by atoms with E-state index in [2.05, 4.69) is 6.92 Å². The lowest BCUT2D eigenvalue weighted by Crippen LogP contribution is -2.06. The summed E-state index contributed by atoms with van der Waals surface area (Å²) in [5.41, 5.74) is 0. The van der Waals surface area contributed by atoms with Gasteiger partial charge in [0.25, 0.3) is 0 Å². The molecule has 1 rings (SSSR count). The zero-order chi connectivity index (χ0) is 10.2. The number of rotatable bonds is 7. The van der Waals surface area contributed by atoms with E-state index in [9.17, 15) is 4.79 Å². The van der Waals surface area contributed by atoms with Gasteiger partial charge in [0.1, 0.15) is 6.10 Å². The third-order valence-electron chi connectivity index (χ3n) is 2.85. The molecule has 0 amide bonds. The van der Waals surface area contributed by atoms with Gasteiger partial charge in [0, 0.05) is 6.42 Å². The summed E-state index contributed by atoms with van der Waals surface area (Å²) in [5, 5.41) is 0. The van der Waals surface area contributed by atoms with Crippen LogP contribution in [0.3, 0.4) is 0 Å². The van der Waals surface area contributed by atoms with Crippen molar-refractivity contribution in [3.05, 3.63) is 0 Å². The molecule has 1 heterocycles. The van der Waals surface area contributed by atoms with Crippen molar-refractivity contribution in [2.75, 3.05) is 0 Å². The van der Waals surface area contributed by atoms with Gasteiger partial charge in [-0.25, -0.2) is 0 Å². The van der Waals surface area contributed by atoms with E-state index in [1.165, 1.54) is 38.5 Å². The normalized spacial score (nSPS) is 21.2. The lowest BCUT2D eigenvalue weighted by atomic mass is 10.1. The van der Waals surface area contributed by atoms with Crippen molar-refractivity contribution in [3.63, 3.8) is 0 Å². The average Bonchev–Trinajstić information content (AvgIpc) is 2.58. The van der Waals surface area contributed by atoms with Gasteiger partial charge in [0.05, 0.1) is 0 Å². The minimum Gasteiger partial charge on any atom is -0.462 e. The molecule has 1 atom stereocenters. The highest BCUT2D eigenvalue weighted by Gasteiger charge is 2.22. The standard InChI is InChI=1S/C12H22O2/c1-2-3-4-5-6-7-8-11-9-10-12(13)14-11/h11H,2-10H2,1H3/t11-/m0/s1. The van der Waals surface area contributed by atoms with Crippen LogP contribution in [0.5, 0.6) is 0 Å². The van der Waals surface area contributed by atoms with Gasteiger partial charge in [-0.2, -0.15) is 0 Å². The van der Waals surface area contributed by atoms with E-state index >= 15 is 0 Å². The first-order valence-electron chi connectivity index (χ1n) is 6.02. The SMILES string of the molecule is CCCCCCCC[C@H]1CCC(=O)O1. The third kappa shape index (κ3) is 4.64. The zero-order valence-corrected chi connectivity index (χ0v) is 9.26. The van der Waals surface area contributed by atoms with Gasteiger partial charge in [-0.05, 0) is 19.3 Å². The summed E-state index contributed by atoms with van der Waals surface area (Å²) in [6, 6.07) is 0. The number of unbranched alkanes of at least 4 members (excludes halogenated alkanes) is 5. The lowest BCUT2D eigenvalue weighted by molar-refractivity contribution is -0.141. The molecule has 0 aromatic carbocycles. The Morgan fingerprint density at radius 3 is 2.57 bits per heavy atom. The highest BCUT2D eigenvalue weighted by atomic mass is 16.5. The maximum absolute atomic E-state index is 10.8. The first-order valence-corrected chi connectivity index (χ1v) is 6.02. The van der Waals surface area contributed by atoms with Crippen LogP contribution in [0.4, 0.5) is 0 Å². The summed E-state index contributed by atoms with van der Waals surface area (Å²) in [7, 11) is 0. The molecule has 14 heavy (non-hydrogen) atoms. The van der Waals surface area contributed by atoms with Crippen LogP contribution in [0.1, 0.15) is 64.7 Å². The quantitative estimate of drug-likeness (QED) is 0.462. The molecule has 0 saturated carbocycles. The summed E-state index contributed by atoms with van der Waals surface area (Å²) in [5.74, 6) is 0.000910. The number of esters is 1. The molecule has 0 unspecified atom stereocenters. The zero-order valence-electron chi connectivity index (χ0n) is 9.26. The van der Waals surface area contributed by atoms with Gasteiger partial charge in [-0.1, -0.05) is 39.0 Å². The maximum atomic E-state index is 10.8. The van der Waals surface area contributed by atoms with Gasteiger partial charge in [-0.15, -0.1) is 0 Å². The average molecular weight is 198 g/mol. The summed E-state index contributed by atoms with van der Waals surface area (Å²) >= 11 is 0. The largest absolute Gasteiger partial charge is 0.462 e. The molecule has 1 aliphatic rings. The van der Waals surface area contributed by atoms with Crippen LogP contribution < -0.4 is 0 Å². The van der Waals surface area contributed by atoms with E-state index in [1.54, 1.807) is 0 Å². The van der Waals surface area contributed by atoms with E-state index < -0.39 is 0 Å². The van der Waals surface area contributed by atoms with Gasteiger partial charge < -0.3 is 4.74 Å². The molecule has 0 radical (unpaired) electrons. The number of ether oxygens (including phenoxy) is 1. The monoisotopic (exact) mass is 198 g/mol. The van der Waals surface area contributed by atoms with Crippen LogP contribution in [0.25, 0.3) is 0 Å². The van der Waals surface area contributed by atoms with Crippen LogP contribution in [-0.4, -0.2) is 12.1 Å². The van der Waals surface area contributed by atoms with Crippen molar-refractivity contribution in [3.8, 4) is 0 Å². The van der Waals surface area contributed by atoms with Crippen molar-refractivity contribution in [2.45, 2.75) is 70.8 Å². The van der Waals surface area contributed by atoms with Crippen molar-refractivity contribution < 1.29 is 9.53 Å². The van der Waals surface area contributed by atoms with E-state index in [-0.39, 0.29) is 12.1 Å². The fourth-order valence-corrected chi connectivity index (χ4v) is 1.94. The Morgan fingerprint density at radius 1 is 1.21 bits per heavy atom. The predicted molar refractivity (Wildman–Crippen MR) is 57.1 cm³/mol. The molecule has 0 aliphatic carbocycles. The molecule has 1 saturated heterocycles. The number of hydrogen-bond acceptors (Lipinski definition) is 2. The van der Waals surface area contributed by atoms with Crippen molar-refractivity contribution in [1.82, 2.24) is 0 Å². The summed E-state index contributed by atoms with van der Waals surface area (Å²) in [4.78, 5) is 10.8. The first-order chi connectivity index (χ1) is 6.83. The van der Waals surface area contributed by atoms with Gasteiger partial charge >= 0.3 is 5.97 Å². The van der Waals surface area contributed by atoms with Crippen molar-refractivity contribution in [2.24, 2.45) is 0 Å². The molecule has 0 N–H and O–H groups in total. The number of carbonyl (C=O) groups excluding carboxylic acids is 1. The minimum atomic E-state index is 0.000910. The second kappa shape index (κ2) is 6.86. The molecule has 0 aromatic rings. The fourth-order valence-electron chi connectivity index (χ4n) is 1.94. The first kappa shape index (κ1) is 11.5. The van der Waals surface area contributed by atoms with E-state index in [0.29, 0.717) is 6.42 Å². The minimum absolute atomic E-state index is 0.000910. The molecule has 2 heteroatoms. The van der Waals surface area contributed by atoms with Crippen LogP contribution in [-0.2, 0) is 9.53 Å². The molecule has 0 spiro atoms. The number of carbonyl (C=O) groups is 1. The fraction of sp³-hybridized carbons (Fsp3) is 0.917. The van der Waals surface area contributed by atoms with E-state index in [0.717, 1.165) is 12.8 Å². The summed E-state index contributed by atoms with van der Waals surface area (Å²) in [6.07, 6.45) is 10.8. The molecule has 1 fully saturated rings. The smallest absolute Gasteiger partial charge is 0.306 e. The Kier molecular flexibility index (Phi) is 5.65. The van der Waals surface area contributed by atoms with Gasteiger partial charge in [0.15, 0.2) is 0 Å². The van der Waals surface area contributed by atoms with Crippen LogP contribution in [0.2, 0.25) is 0 Å². The highest BCUT2D eigenvalue weighted by molar-refractivity contribution is 5.71. The Bertz CT molecular complexity index is 166. The summed E-state index contributed by atoms with van der Waals surface area (Å²) in [6.45, 7) is 2.23. The number of hydrogen-bond donors (Lipinski definition) is 0. The molecule has 82 valence electrons. The predicted octanol–water partition coefficient (Wildman–Crippen LogP) is 3.44. The second-order valence-electron chi connectivity index (χ2n) is 4.21. The van der Waals surface area contributed by atoms with E-state index in [1.807, 2.05) is 0 Å². The Labute approximate surface area is 87.0 Å². The van der Waals surface area contributed by atoms with Gasteiger partial charge in [0.2, 0.25) is 0 Å². The molecule has 0 bridgehead atoms. The molecule has 1 aliphatic heterocycles. The topological polar surface area (TPSA) is 26.3 Å². The Morgan fingerprint density at radius 2 is 1.93 bits per heavy atom. The van der Waals surface area contributed by atoms with Gasteiger partial charge in [-0.3, -0.25) is 4.79 Å². The highest BCUT2D eigenvalue weighted by Crippen LogP contribution is 2.19. The van der Waals surface area contributed by atoms with Crippen LogP contribution in [0, 0.1) is 0 Å². The van der Waals surface area contributed by atoms with E-state index in [4.69, 9.17) is 4.74 Å². The molecule has 0 aromatic heterocycles. The Hall–Kier alpha value is -0.530. The second-order valence-corrected chi connectivity index (χ2v) is 4.21.